The summed E-state index contributed by atoms with van der Waals surface area (Å²) in [6.07, 6.45) is -3.31. The first-order valence-corrected chi connectivity index (χ1v) is 11.4. The van der Waals surface area contributed by atoms with E-state index in [1.807, 2.05) is 0 Å². The number of amides is 3. The first kappa shape index (κ1) is 23.9. The van der Waals surface area contributed by atoms with Crippen LogP contribution in [0, 0.1) is 5.82 Å². The number of benzene rings is 2. The summed E-state index contributed by atoms with van der Waals surface area (Å²) in [5, 5.41) is 13.1. The van der Waals surface area contributed by atoms with E-state index in [1.165, 1.54) is 11.0 Å². The van der Waals surface area contributed by atoms with Gasteiger partial charge in [-0.05, 0) is 35.9 Å². The number of aliphatic imine (C=N–C) groups is 1. The van der Waals surface area contributed by atoms with Gasteiger partial charge in [0.05, 0.1) is 25.3 Å². The molecule has 2 fully saturated rings. The maximum absolute atomic E-state index is 14.4. The summed E-state index contributed by atoms with van der Waals surface area (Å²) in [7, 11) is 0. The second-order valence-electron chi connectivity index (χ2n) is 8.53. The maximum Gasteiger partial charge on any atom is 0.259 e. The van der Waals surface area contributed by atoms with Crippen molar-refractivity contribution in [3.63, 3.8) is 0 Å². The normalized spacial score (nSPS) is 20.7. The van der Waals surface area contributed by atoms with Gasteiger partial charge >= 0.3 is 0 Å². The molecule has 2 saturated heterocycles. The lowest BCUT2D eigenvalue weighted by molar-refractivity contribution is -0.150. The molecule has 36 heavy (non-hydrogen) atoms. The van der Waals surface area contributed by atoms with Gasteiger partial charge in [-0.2, -0.15) is 0 Å². The summed E-state index contributed by atoms with van der Waals surface area (Å²) in [6, 6.07) is 9.45. The molecular formula is C24H24FN5O6. The monoisotopic (exact) mass is 497 g/mol. The highest BCUT2D eigenvalue weighted by molar-refractivity contribution is 6.05. The van der Waals surface area contributed by atoms with Crippen molar-refractivity contribution in [1.29, 1.82) is 0 Å². The molecule has 2 atom stereocenters. The zero-order valence-electron chi connectivity index (χ0n) is 19.1. The molecule has 3 amide bonds. The second-order valence-corrected chi connectivity index (χ2v) is 8.53. The molecule has 0 aliphatic carbocycles. The summed E-state index contributed by atoms with van der Waals surface area (Å²) in [6.45, 7) is 1.23. The molecule has 4 N–H and O–H groups in total. The highest BCUT2D eigenvalue weighted by atomic mass is 19.1. The Bertz CT molecular complexity index is 1270. The number of fused-ring (bicyclic) bond motifs is 1. The smallest absolute Gasteiger partial charge is 0.259 e. The molecule has 12 heteroatoms. The van der Waals surface area contributed by atoms with Gasteiger partial charge in [-0.15, -0.1) is 0 Å². The van der Waals surface area contributed by atoms with Crippen LogP contribution >= 0.6 is 0 Å². The van der Waals surface area contributed by atoms with Crippen LogP contribution < -0.4 is 20.9 Å². The molecule has 5 rings (SSSR count). The lowest BCUT2D eigenvalue weighted by Gasteiger charge is -2.35. The molecule has 0 radical (unpaired) electrons. The van der Waals surface area contributed by atoms with Crippen LogP contribution in [0.15, 0.2) is 41.4 Å². The molecule has 3 aliphatic heterocycles. The number of rotatable bonds is 5. The number of nitrogens with two attached hydrogens (primary N) is 1. The van der Waals surface area contributed by atoms with Crippen LogP contribution in [-0.4, -0.2) is 73.8 Å². The van der Waals surface area contributed by atoms with Gasteiger partial charge in [-0.3, -0.25) is 19.4 Å². The van der Waals surface area contributed by atoms with Crippen molar-refractivity contribution in [3.8, 4) is 0 Å². The van der Waals surface area contributed by atoms with E-state index in [9.17, 15) is 23.9 Å². The molecule has 3 heterocycles. The fourth-order valence-corrected chi connectivity index (χ4v) is 4.46. The van der Waals surface area contributed by atoms with Gasteiger partial charge < -0.3 is 35.4 Å². The predicted octanol–water partition coefficient (Wildman–Crippen LogP) is 0.139. The Morgan fingerprint density at radius 3 is 2.69 bits per heavy atom. The molecule has 0 aromatic heterocycles. The van der Waals surface area contributed by atoms with Crippen molar-refractivity contribution in [3.05, 3.63) is 53.3 Å². The van der Waals surface area contributed by atoms with Crippen molar-refractivity contribution in [2.75, 3.05) is 48.0 Å². The van der Waals surface area contributed by atoms with E-state index in [0.29, 0.717) is 30.1 Å². The minimum absolute atomic E-state index is 0.0153. The van der Waals surface area contributed by atoms with Crippen LogP contribution in [0.3, 0.4) is 0 Å². The van der Waals surface area contributed by atoms with Crippen LogP contribution in [0.5, 0.6) is 0 Å². The number of ether oxygens (including phenoxy) is 2. The first-order valence-electron chi connectivity index (χ1n) is 11.4. The number of hydrogen-bond acceptors (Lipinski definition) is 8. The van der Waals surface area contributed by atoms with Crippen LogP contribution in [0.1, 0.15) is 11.1 Å². The summed E-state index contributed by atoms with van der Waals surface area (Å²) in [5.74, 6) is -2.28. The Balaban J connectivity index is 1.30. The predicted molar refractivity (Wildman–Crippen MR) is 127 cm³/mol. The van der Waals surface area contributed by atoms with Crippen molar-refractivity contribution in [2.45, 2.75) is 18.8 Å². The number of carbonyl (C=O) groups excluding carboxylic acids is 3. The quantitative estimate of drug-likeness (QED) is 0.532. The highest BCUT2D eigenvalue weighted by Gasteiger charge is 2.39. The molecule has 1 unspecified atom stereocenters. The van der Waals surface area contributed by atoms with Gasteiger partial charge in [0.25, 0.3) is 17.7 Å². The number of amidine groups is 1. The third kappa shape index (κ3) is 4.41. The maximum atomic E-state index is 14.4. The van der Waals surface area contributed by atoms with Crippen molar-refractivity contribution < 1.29 is 33.4 Å². The van der Waals surface area contributed by atoms with E-state index in [0.717, 1.165) is 6.07 Å². The summed E-state index contributed by atoms with van der Waals surface area (Å²) in [5.41, 5.74) is 7.58. The van der Waals surface area contributed by atoms with Crippen LogP contribution in [0.25, 0.3) is 0 Å². The number of morpholine rings is 2. The fraction of sp³-hybridized carbons (Fsp3) is 0.333. The van der Waals surface area contributed by atoms with E-state index >= 15 is 0 Å². The zero-order chi connectivity index (χ0) is 25.4. The van der Waals surface area contributed by atoms with Crippen LogP contribution in [0.4, 0.5) is 21.5 Å². The van der Waals surface area contributed by atoms with Gasteiger partial charge in [0.1, 0.15) is 18.3 Å². The minimum atomic E-state index is -1.85. The van der Waals surface area contributed by atoms with Gasteiger partial charge in [-0.25, -0.2) is 4.39 Å². The third-order valence-corrected chi connectivity index (χ3v) is 6.23. The number of nitrogens with one attached hydrogen (secondary N) is 1. The molecule has 3 aliphatic rings. The molecule has 2 aromatic rings. The van der Waals surface area contributed by atoms with E-state index < -0.39 is 29.8 Å². The lowest BCUT2D eigenvalue weighted by atomic mass is 10.1. The standard InChI is InChI=1S/C24H24FN5O6/c25-17-9-14(8-13-11-27-22(26)19(13)17)28-23(33)20(32)21-24(34)30(5-7-36-21)16-3-1-2-15(10-16)29-4-6-35-12-18(29)31/h1-3,8-10,20-21,32H,4-7,11-12H2,(H2,26,27)(H,28,33)/t20?,21-/m1/s1. The van der Waals surface area contributed by atoms with E-state index in [1.54, 1.807) is 29.2 Å². The molecular weight excluding hydrogens is 473 g/mol. The van der Waals surface area contributed by atoms with Crippen molar-refractivity contribution in [1.82, 2.24) is 0 Å². The second kappa shape index (κ2) is 9.64. The molecule has 2 aromatic carbocycles. The highest BCUT2D eigenvalue weighted by Crippen LogP contribution is 2.28. The van der Waals surface area contributed by atoms with Crippen LogP contribution in [-0.2, 0) is 30.4 Å². The topological polar surface area (TPSA) is 147 Å². The number of hydrogen-bond donors (Lipinski definition) is 3. The molecule has 11 nitrogen and oxygen atoms in total. The Kier molecular flexibility index (Phi) is 6.39. The Morgan fingerprint density at radius 2 is 1.92 bits per heavy atom. The van der Waals surface area contributed by atoms with Gasteiger partial charge in [0, 0.05) is 30.2 Å². The molecule has 0 saturated carbocycles. The largest absolute Gasteiger partial charge is 0.383 e. The molecule has 188 valence electrons. The summed E-state index contributed by atoms with van der Waals surface area (Å²) >= 11 is 0. The van der Waals surface area contributed by atoms with E-state index in [4.69, 9.17) is 15.2 Å². The number of carbonyl (C=O) groups is 3. The Hall–Kier alpha value is -3.87. The van der Waals surface area contributed by atoms with E-state index in [-0.39, 0.29) is 49.3 Å². The molecule has 0 spiro atoms. The number of nitrogens with zero attached hydrogens (tertiary/aromatic N) is 3. The summed E-state index contributed by atoms with van der Waals surface area (Å²) in [4.78, 5) is 45.1. The fourth-order valence-electron chi connectivity index (χ4n) is 4.46. The van der Waals surface area contributed by atoms with Crippen molar-refractivity contribution in [2.24, 2.45) is 10.7 Å². The number of aliphatic hydroxyl groups is 1. The van der Waals surface area contributed by atoms with E-state index in [2.05, 4.69) is 10.3 Å². The Labute approximate surface area is 205 Å². The Morgan fingerprint density at radius 1 is 1.17 bits per heavy atom. The number of anilines is 3. The van der Waals surface area contributed by atoms with Gasteiger partial charge in [-0.1, -0.05) is 6.07 Å². The average Bonchev–Trinajstić information content (AvgIpc) is 3.25. The minimum Gasteiger partial charge on any atom is -0.383 e. The van der Waals surface area contributed by atoms with Gasteiger partial charge in [0.2, 0.25) is 0 Å². The third-order valence-electron chi connectivity index (χ3n) is 6.23. The van der Waals surface area contributed by atoms with Crippen LogP contribution in [0.2, 0.25) is 0 Å². The average molecular weight is 497 g/mol. The zero-order valence-corrected chi connectivity index (χ0v) is 19.1. The SMILES string of the molecule is NC1=NCc2cc(NC(=O)C(O)[C@H]3OCCN(c4cccc(N5CCOCC5=O)c4)C3=O)cc(F)c21. The summed E-state index contributed by atoms with van der Waals surface area (Å²) < 4.78 is 25.0. The molecule has 0 bridgehead atoms. The van der Waals surface area contributed by atoms with Gasteiger partial charge in [0.15, 0.2) is 12.2 Å². The first-order chi connectivity index (χ1) is 17.3. The number of halogens is 1. The lowest BCUT2D eigenvalue weighted by Crippen LogP contribution is -2.55. The number of aliphatic hydroxyl groups excluding tert-OH is 1. The van der Waals surface area contributed by atoms with Crippen molar-refractivity contribution >= 4 is 40.6 Å².